The summed E-state index contributed by atoms with van der Waals surface area (Å²) in [6.45, 7) is 5.70. The molecule has 0 radical (unpaired) electrons. The highest BCUT2D eigenvalue weighted by Gasteiger charge is 2.45. The van der Waals surface area contributed by atoms with Crippen LogP contribution in [0, 0.1) is 17.7 Å². The molecule has 13 heteroatoms. The van der Waals surface area contributed by atoms with Gasteiger partial charge in [0.05, 0.1) is 29.8 Å². The number of nitrogens with one attached hydrogen (secondary N) is 3. The molecule has 1 aliphatic carbocycles. The first-order chi connectivity index (χ1) is 18.8. The number of aliphatic imine (C=N–C) groups is 2. The third kappa shape index (κ3) is 10.2. The second-order valence-electron chi connectivity index (χ2n) is 9.77. The molecule has 2 rings (SSSR count). The molecule has 0 unspecified atom stereocenters. The van der Waals surface area contributed by atoms with Crippen LogP contribution in [0.3, 0.4) is 0 Å². The van der Waals surface area contributed by atoms with Crippen LogP contribution in [0.1, 0.15) is 49.7 Å². The molecule has 0 atom stereocenters. The van der Waals surface area contributed by atoms with Gasteiger partial charge in [0.2, 0.25) is 5.91 Å². The van der Waals surface area contributed by atoms with Crippen molar-refractivity contribution in [3.63, 3.8) is 0 Å². The fourth-order valence-corrected chi connectivity index (χ4v) is 5.53. The first-order valence-electron chi connectivity index (χ1n) is 12.8. The molecule has 0 aliphatic heterocycles. The number of alkyl halides is 3. The van der Waals surface area contributed by atoms with Crippen molar-refractivity contribution in [2.24, 2.45) is 21.1 Å². The summed E-state index contributed by atoms with van der Waals surface area (Å²) in [6.07, 6.45) is -2.19. The SMILES string of the molecule is C=C(SC(=NC)C1(C(N)=O)CCC(NCC(=O)CO)CC1)c1cc(C)cc(NC=NCCC(=N)CC(F)(F)F)c1. The number of primary amides is 1. The van der Waals surface area contributed by atoms with Gasteiger partial charge in [0.1, 0.15) is 6.61 Å². The maximum Gasteiger partial charge on any atom is 0.394 e. The van der Waals surface area contributed by atoms with Crippen molar-refractivity contribution >= 4 is 51.1 Å². The molecule has 1 fully saturated rings. The van der Waals surface area contributed by atoms with Crippen LogP contribution < -0.4 is 16.4 Å². The van der Waals surface area contributed by atoms with Gasteiger partial charge < -0.3 is 26.9 Å². The van der Waals surface area contributed by atoms with Gasteiger partial charge in [-0.1, -0.05) is 24.4 Å². The summed E-state index contributed by atoms with van der Waals surface area (Å²) in [5.41, 5.74) is 6.91. The van der Waals surface area contributed by atoms with Gasteiger partial charge in [-0.05, 0) is 55.9 Å². The predicted molar refractivity (Wildman–Crippen MR) is 155 cm³/mol. The number of nitrogens with zero attached hydrogens (tertiary/aromatic N) is 2. The second kappa shape index (κ2) is 15.1. The summed E-state index contributed by atoms with van der Waals surface area (Å²) in [7, 11) is 1.61. The molecule has 40 heavy (non-hydrogen) atoms. The highest BCUT2D eigenvalue weighted by molar-refractivity contribution is 8.21. The lowest BCUT2D eigenvalue weighted by atomic mass is 9.72. The number of benzene rings is 1. The van der Waals surface area contributed by atoms with Gasteiger partial charge in [0.25, 0.3) is 0 Å². The first kappa shape index (κ1) is 33.2. The van der Waals surface area contributed by atoms with Gasteiger partial charge in [-0.3, -0.25) is 19.6 Å². The molecule has 1 saturated carbocycles. The number of anilines is 1. The number of thioether (sulfide) groups is 1. The van der Waals surface area contributed by atoms with Crippen LogP contribution in [-0.2, 0) is 9.59 Å². The largest absolute Gasteiger partial charge is 0.394 e. The van der Waals surface area contributed by atoms with Crippen molar-refractivity contribution in [2.75, 3.05) is 32.1 Å². The number of rotatable bonds is 14. The predicted octanol–water partition coefficient (Wildman–Crippen LogP) is 4.09. The van der Waals surface area contributed by atoms with Gasteiger partial charge in [-0.25, -0.2) is 0 Å². The second-order valence-corrected chi connectivity index (χ2v) is 10.8. The van der Waals surface area contributed by atoms with Crippen molar-refractivity contribution in [2.45, 2.75) is 57.7 Å². The van der Waals surface area contributed by atoms with Crippen LogP contribution in [0.15, 0.2) is 34.8 Å². The average Bonchev–Trinajstić information content (AvgIpc) is 2.88. The van der Waals surface area contributed by atoms with Crippen LogP contribution in [0.25, 0.3) is 4.91 Å². The van der Waals surface area contributed by atoms with E-state index in [2.05, 4.69) is 27.2 Å². The van der Waals surface area contributed by atoms with E-state index >= 15 is 0 Å². The number of halogens is 3. The number of ketones is 1. The van der Waals surface area contributed by atoms with Gasteiger partial charge >= 0.3 is 6.18 Å². The Morgan fingerprint density at radius 2 is 1.98 bits per heavy atom. The number of Topliss-reactive ketones (excluding diaryl/α,β-unsaturated/α-hetero) is 1. The van der Waals surface area contributed by atoms with Gasteiger partial charge in [0, 0.05) is 42.4 Å². The van der Waals surface area contributed by atoms with Gasteiger partial charge in [-0.15, -0.1) is 0 Å². The van der Waals surface area contributed by atoms with Crippen LogP contribution in [0.2, 0.25) is 0 Å². The summed E-state index contributed by atoms with van der Waals surface area (Å²) >= 11 is 1.28. The van der Waals surface area contributed by atoms with E-state index in [1.807, 2.05) is 25.1 Å². The standard InChI is InChI=1S/C27H37F3N6O3S/c1-17-10-19(12-22(11-17)36-16-34-9-6-20(31)13-27(28,29)30)18(2)40-25(33-3)26(24(32)39)7-4-21(5-8-26)35-14-23(38)15-37/h10-12,16,21,31,35,37H,2,4-9,13-15H2,1,3H3,(H2,32,39)(H,34,36). The number of amides is 1. The lowest BCUT2D eigenvalue weighted by Gasteiger charge is -2.38. The van der Waals surface area contributed by atoms with Crippen LogP contribution in [0.5, 0.6) is 0 Å². The smallest absolute Gasteiger partial charge is 0.389 e. The van der Waals surface area contributed by atoms with Crippen molar-refractivity contribution < 1.29 is 27.9 Å². The van der Waals surface area contributed by atoms with E-state index < -0.39 is 36.2 Å². The van der Waals surface area contributed by atoms with E-state index in [0.717, 1.165) is 11.1 Å². The molecule has 0 spiro atoms. The van der Waals surface area contributed by atoms with Crippen molar-refractivity contribution in [3.8, 4) is 0 Å². The van der Waals surface area contributed by atoms with E-state index in [1.54, 1.807) is 7.05 Å². The number of carbonyl (C=O) groups excluding carboxylic acids is 2. The molecule has 0 saturated heterocycles. The third-order valence-electron chi connectivity index (χ3n) is 6.59. The molecule has 6 N–H and O–H groups in total. The maximum atomic E-state index is 12.7. The number of aryl methyl sites for hydroxylation is 1. The number of carbonyl (C=O) groups is 2. The summed E-state index contributed by atoms with van der Waals surface area (Å²) in [4.78, 5) is 33.3. The summed E-state index contributed by atoms with van der Waals surface area (Å²) in [5.74, 6) is -0.765. The molecule has 1 aromatic carbocycles. The monoisotopic (exact) mass is 582 g/mol. The molecule has 220 valence electrons. The molecule has 9 nitrogen and oxygen atoms in total. The van der Waals surface area contributed by atoms with E-state index in [0.29, 0.717) is 41.3 Å². The van der Waals surface area contributed by atoms with Crippen molar-refractivity contribution in [1.29, 1.82) is 5.41 Å². The number of nitrogens with two attached hydrogens (primary N) is 1. The minimum absolute atomic E-state index is 0.0246. The average molecular weight is 583 g/mol. The molecular weight excluding hydrogens is 545 g/mol. The maximum absolute atomic E-state index is 12.7. The van der Waals surface area contributed by atoms with E-state index in [1.165, 1.54) is 18.1 Å². The van der Waals surface area contributed by atoms with Crippen LogP contribution in [0.4, 0.5) is 18.9 Å². The minimum Gasteiger partial charge on any atom is -0.389 e. The Balaban J connectivity index is 2.04. The Morgan fingerprint density at radius 1 is 1.30 bits per heavy atom. The number of hydrogen-bond donors (Lipinski definition) is 5. The fourth-order valence-electron chi connectivity index (χ4n) is 4.47. The Morgan fingerprint density at radius 3 is 2.55 bits per heavy atom. The number of aliphatic hydroxyl groups excluding tert-OH is 1. The van der Waals surface area contributed by atoms with E-state index in [4.69, 9.17) is 16.2 Å². The zero-order valence-electron chi connectivity index (χ0n) is 22.7. The quantitative estimate of drug-likeness (QED) is 0.165. The highest BCUT2D eigenvalue weighted by Crippen LogP contribution is 2.44. The lowest BCUT2D eigenvalue weighted by molar-refractivity contribution is -0.126. The van der Waals surface area contributed by atoms with Crippen molar-refractivity contribution in [1.82, 2.24) is 5.32 Å². The molecule has 1 amide bonds. The summed E-state index contributed by atoms with van der Waals surface area (Å²) < 4.78 is 37.0. The molecule has 1 aliphatic rings. The lowest BCUT2D eigenvalue weighted by Crippen LogP contribution is -2.49. The fraction of sp³-hybridized carbons (Fsp3) is 0.519. The number of aliphatic hydroxyl groups is 1. The van der Waals surface area contributed by atoms with Crippen LogP contribution >= 0.6 is 11.8 Å². The highest BCUT2D eigenvalue weighted by atomic mass is 32.2. The Hall–Kier alpha value is -3.03. The van der Waals surface area contributed by atoms with Crippen LogP contribution in [-0.4, -0.2) is 72.9 Å². The van der Waals surface area contributed by atoms with E-state index in [9.17, 15) is 22.8 Å². The van der Waals surface area contributed by atoms with Gasteiger partial charge in [0.15, 0.2) is 5.78 Å². The molecule has 0 aromatic heterocycles. The third-order valence-corrected chi connectivity index (χ3v) is 7.83. The first-order valence-corrected chi connectivity index (χ1v) is 13.6. The Kier molecular flexibility index (Phi) is 12.5. The molecule has 0 heterocycles. The molecular formula is C27H37F3N6O3S. The van der Waals surface area contributed by atoms with E-state index in [-0.39, 0.29) is 31.3 Å². The molecule has 0 bridgehead atoms. The summed E-state index contributed by atoms with van der Waals surface area (Å²) in [5, 5.41) is 23.0. The Bertz CT molecular complexity index is 1140. The summed E-state index contributed by atoms with van der Waals surface area (Å²) in [6, 6.07) is 5.66. The molecule has 1 aromatic rings. The van der Waals surface area contributed by atoms with Gasteiger partial charge in [-0.2, -0.15) is 13.2 Å². The Labute approximate surface area is 236 Å². The van der Waals surface area contributed by atoms with Crippen molar-refractivity contribution in [3.05, 3.63) is 35.9 Å². The number of hydrogen-bond acceptors (Lipinski definition) is 8. The normalized spacial score (nSPS) is 19.9. The zero-order chi connectivity index (χ0) is 29.9. The minimum atomic E-state index is -4.39. The zero-order valence-corrected chi connectivity index (χ0v) is 23.6. The topological polar surface area (TPSA) is 153 Å².